The van der Waals surface area contributed by atoms with Crippen LogP contribution in [0.2, 0.25) is 0 Å². The third-order valence-electron chi connectivity index (χ3n) is 5.07. The number of hydrogen-bond donors (Lipinski definition) is 1. The van der Waals surface area contributed by atoms with E-state index in [0.717, 1.165) is 16.0 Å². The van der Waals surface area contributed by atoms with Crippen LogP contribution in [0.3, 0.4) is 0 Å². The minimum Gasteiger partial charge on any atom is -0.489 e. The highest BCUT2D eigenvalue weighted by molar-refractivity contribution is 6.22. The van der Waals surface area contributed by atoms with Crippen LogP contribution in [-0.2, 0) is 17.8 Å². The molecule has 0 saturated carbocycles. The van der Waals surface area contributed by atoms with E-state index in [2.05, 4.69) is 0 Å². The van der Waals surface area contributed by atoms with E-state index < -0.39 is 23.8 Å². The summed E-state index contributed by atoms with van der Waals surface area (Å²) >= 11 is 0. The van der Waals surface area contributed by atoms with Gasteiger partial charge in [-0.2, -0.15) is 0 Å². The standard InChI is InChI=1S/C24H20N2O4/c25-22(27)21(26-23(28)19-8-4-5-9-20(19)24(26)29)14-16-10-12-18(13-11-16)30-15-17-6-2-1-3-7-17/h1-13,21H,14-15H2,(H2,25,27). The molecular formula is C24H20N2O4. The van der Waals surface area contributed by atoms with E-state index in [-0.39, 0.29) is 6.42 Å². The molecule has 6 nitrogen and oxygen atoms in total. The summed E-state index contributed by atoms with van der Waals surface area (Å²) in [6.07, 6.45) is 0.139. The SMILES string of the molecule is NC(=O)C(Cc1ccc(OCc2ccccc2)cc1)N1C(=O)c2ccccc2C1=O. The molecule has 0 radical (unpaired) electrons. The number of amides is 3. The summed E-state index contributed by atoms with van der Waals surface area (Å²) in [7, 11) is 0. The first-order valence-electron chi connectivity index (χ1n) is 9.56. The van der Waals surface area contributed by atoms with Crippen LogP contribution in [0.1, 0.15) is 31.8 Å². The summed E-state index contributed by atoms with van der Waals surface area (Å²) in [4.78, 5) is 38.5. The lowest BCUT2D eigenvalue weighted by Crippen LogP contribution is -2.49. The Bertz CT molecular complexity index is 1060. The second-order valence-electron chi connectivity index (χ2n) is 7.07. The maximum absolute atomic E-state index is 12.7. The largest absolute Gasteiger partial charge is 0.489 e. The first kappa shape index (κ1) is 19.4. The number of primary amides is 1. The van der Waals surface area contributed by atoms with Crippen LogP contribution in [0.15, 0.2) is 78.9 Å². The Hall–Kier alpha value is -3.93. The lowest BCUT2D eigenvalue weighted by molar-refractivity contribution is -0.121. The molecule has 0 aliphatic carbocycles. The molecule has 3 aromatic carbocycles. The van der Waals surface area contributed by atoms with Gasteiger partial charge in [0.05, 0.1) is 11.1 Å². The van der Waals surface area contributed by atoms with Crippen LogP contribution in [0.25, 0.3) is 0 Å². The lowest BCUT2D eigenvalue weighted by Gasteiger charge is -2.23. The zero-order valence-corrected chi connectivity index (χ0v) is 16.2. The Morgan fingerprint density at radius 2 is 1.37 bits per heavy atom. The van der Waals surface area contributed by atoms with Crippen LogP contribution in [-0.4, -0.2) is 28.7 Å². The van der Waals surface area contributed by atoms with Crippen molar-refractivity contribution >= 4 is 17.7 Å². The maximum Gasteiger partial charge on any atom is 0.262 e. The summed E-state index contributed by atoms with van der Waals surface area (Å²) < 4.78 is 5.77. The average molecular weight is 400 g/mol. The van der Waals surface area contributed by atoms with Crippen LogP contribution in [0.4, 0.5) is 0 Å². The van der Waals surface area contributed by atoms with E-state index in [1.54, 1.807) is 48.5 Å². The molecule has 0 spiro atoms. The molecule has 3 amide bonds. The van der Waals surface area contributed by atoms with Crippen molar-refractivity contribution in [3.63, 3.8) is 0 Å². The van der Waals surface area contributed by atoms with Crippen molar-refractivity contribution < 1.29 is 19.1 Å². The summed E-state index contributed by atoms with van der Waals surface area (Å²) in [5.41, 5.74) is 7.96. The van der Waals surface area contributed by atoms with E-state index in [0.29, 0.717) is 23.5 Å². The van der Waals surface area contributed by atoms with Crippen LogP contribution in [0.5, 0.6) is 5.75 Å². The van der Waals surface area contributed by atoms with Gasteiger partial charge in [-0.05, 0) is 35.4 Å². The second kappa shape index (κ2) is 8.21. The molecule has 0 saturated heterocycles. The quantitative estimate of drug-likeness (QED) is 0.618. The fourth-order valence-electron chi connectivity index (χ4n) is 3.50. The Morgan fingerprint density at radius 3 is 1.93 bits per heavy atom. The first-order chi connectivity index (χ1) is 14.5. The van der Waals surface area contributed by atoms with Gasteiger partial charge in [0.15, 0.2) is 0 Å². The van der Waals surface area contributed by atoms with E-state index in [9.17, 15) is 14.4 Å². The number of imide groups is 1. The average Bonchev–Trinajstić information content (AvgIpc) is 3.02. The van der Waals surface area contributed by atoms with Crippen molar-refractivity contribution in [2.24, 2.45) is 5.73 Å². The fraction of sp³-hybridized carbons (Fsp3) is 0.125. The van der Waals surface area contributed by atoms with Crippen LogP contribution >= 0.6 is 0 Å². The van der Waals surface area contributed by atoms with Gasteiger partial charge in [-0.1, -0.05) is 54.6 Å². The molecule has 1 atom stereocenters. The molecule has 30 heavy (non-hydrogen) atoms. The molecule has 150 valence electrons. The number of carbonyl (C=O) groups is 3. The second-order valence-corrected chi connectivity index (χ2v) is 7.07. The third-order valence-corrected chi connectivity index (χ3v) is 5.07. The van der Waals surface area contributed by atoms with Gasteiger partial charge in [-0.15, -0.1) is 0 Å². The van der Waals surface area contributed by atoms with E-state index in [4.69, 9.17) is 10.5 Å². The molecule has 4 rings (SSSR count). The number of carbonyl (C=O) groups excluding carboxylic acids is 3. The van der Waals surface area contributed by atoms with Crippen molar-refractivity contribution in [3.8, 4) is 5.75 Å². The zero-order valence-electron chi connectivity index (χ0n) is 16.2. The Kier molecular flexibility index (Phi) is 5.30. The number of hydrogen-bond acceptors (Lipinski definition) is 4. The summed E-state index contributed by atoms with van der Waals surface area (Å²) in [6.45, 7) is 0.444. The fourth-order valence-corrected chi connectivity index (χ4v) is 3.50. The highest BCUT2D eigenvalue weighted by Gasteiger charge is 2.41. The molecule has 6 heteroatoms. The predicted molar refractivity (Wildman–Crippen MR) is 111 cm³/mol. The van der Waals surface area contributed by atoms with Gasteiger partial charge in [0.25, 0.3) is 11.8 Å². The monoisotopic (exact) mass is 400 g/mol. The number of ether oxygens (including phenoxy) is 1. The summed E-state index contributed by atoms with van der Waals surface area (Å²) in [5, 5.41) is 0. The number of rotatable bonds is 7. The molecular weight excluding hydrogens is 380 g/mol. The molecule has 1 unspecified atom stereocenters. The minimum absolute atomic E-state index is 0.139. The van der Waals surface area contributed by atoms with Gasteiger partial charge < -0.3 is 10.5 Å². The smallest absolute Gasteiger partial charge is 0.262 e. The first-order valence-corrected chi connectivity index (χ1v) is 9.56. The van der Waals surface area contributed by atoms with Gasteiger partial charge in [0, 0.05) is 6.42 Å². The number of fused-ring (bicyclic) bond motifs is 1. The minimum atomic E-state index is -1.06. The van der Waals surface area contributed by atoms with Gasteiger partial charge in [-0.25, -0.2) is 0 Å². The molecule has 3 aromatic rings. The lowest BCUT2D eigenvalue weighted by atomic mass is 10.0. The van der Waals surface area contributed by atoms with E-state index in [1.807, 2.05) is 30.3 Å². The van der Waals surface area contributed by atoms with E-state index >= 15 is 0 Å². The molecule has 1 aliphatic rings. The van der Waals surface area contributed by atoms with Crippen molar-refractivity contribution in [1.29, 1.82) is 0 Å². The predicted octanol–water partition coefficient (Wildman–Crippen LogP) is 2.96. The molecule has 2 N–H and O–H groups in total. The summed E-state index contributed by atoms with van der Waals surface area (Å²) in [6, 6.07) is 22.4. The molecule has 1 heterocycles. The highest BCUT2D eigenvalue weighted by Crippen LogP contribution is 2.26. The molecule has 0 fully saturated rings. The van der Waals surface area contributed by atoms with E-state index in [1.165, 1.54) is 0 Å². The molecule has 1 aliphatic heterocycles. The third kappa shape index (κ3) is 3.80. The summed E-state index contributed by atoms with van der Waals surface area (Å²) in [5.74, 6) is -1.04. The van der Waals surface area contributed by atoms with Crippen molar-refractivity contribution in [1.82, 2.24) is 4.90 Å². The number of nitrogens with two attached hydrogens (primary N) is 1. The Labute approximate surface area is 173 Å². The van der Waals surface area contributed by atoms with Gasteiger partial charge in [0.2, 0.25) is 5.91 Å². The number of benzene rings is 3. The molecule has 0 bridgehead atoms. The number of nitrogens with zero attached hydrogens (tertiary/aromatic N) is 1. The topological polar surface area (TPSA) is 89.7 Å². The van der Waals surface area contributed by atoms with Gasteiger partial charge in [0.1, 0.15) is 18.4 Å². The highest BCUT2D eigenvalue weighted by atomic mass is 16.5. The van der Waals surface area contributed by atoms with Crippen LogP contribution in [0, 0.1) is 0 Å². The van der Waals surface area contributed by atoms with Crippen LogP contribution < -0.4 is 10.5 Å². The van der Waals surface area contributed by atoms with Crippen molar-refractivity contribution in [3.05, 3.63) is 101 Å². The van der Waals surface area contributed by atoms with Gasteiger partial charge in [-0.3, -0.25) is 19.3 Å². The Morgan fingerprint density at radius 1 is 0.800 bits per heavy atom. The van der Waals surface area contributed by atoms with Crippen molar-refractivity contribution in [2.45, 2.75) is 19.1 Å². The Balaban J connectivity index is 1.47. The normalized spacial score (nSPS) is 13.8. The zero-order chi connectivity index (χ0) is 21.1. The maximum atomic E-state index is 12.7. The van der Waals surface area contributed by atoms with Gasteiger partial charge >= 0.3 is 0 Å². The molecule has 0 aromatic heterocycles. The van der Waals surface area contributed by atoms with Crippen molar-refractivity contribution in [2.75, 3.05) is 0 Å².